The minimum atomic E-state index is -0.174. The molecule has 1 saturated carbocycles. The number of fused-ring (bicyclic) bond motifs is 1. The maximum absolute atomic E-state index is 12.3. The first-order valence-corrected chi connectivity index (χ1v) is 9.21. The van der Waals surface area contributed by atoms with Gasteiger partial charge in [-0.05, 0) is 49.1 Å². The molecule has 4 rings (SSSR count). The molecule has 0 saturated heterocycles. The van der Waals surface area contributed by atoms with Crippen LogP contribution in [-0.4, -0.2) is 24.5 Å². The zero-order valence-corrected chi connectivity index (χ0v) is 14.9. The van der Waals surface area contributed by atoms with Crippen molar-refractivity contribution in [2.24, 2.45) is 0 Å². The summed E-state index contributed by atoms with van der Waals surface area (Å²) in [5.41, 5.74) is 4.11. The largest absolute Gasteiger partial charge is 0.334 e. The Hall–Kier alpha value is -2.82. The topological polar surface area (TPSA) is 61.4 Å². The Balaban J connectivity index is 1.38. The molecule has 2 N–H and O–H groups in total. The highest BCUT2D eigenvalue weighted by Gasteiger charge is 2.39. The SMILES string of the molecule is CCN1C(=O)CCc2cc(NC(=O)N[C@H]3C[C@H]3c3ccccc3)ccc21. The van der Waals surface area contributed by atoms with E-state index < -0.39 is 0 Å². The van der Waals surface area contributed by atoms with Gasteiger partial charge in [0.15, 0.2) is 0 Å². The molecule has 1 aliphatic carbocycles. The summed E-state index contributed by atoms with van der Waals surface area (Å²) in [5.74, 6) is 0.578. The van der Waals surface area contributed by atoms with E-state index in [2.05, 4.69) is 22.8 Å². The van der Waals surface area contributed by atoms with Gasteiger partial charge in [0.25, 0.3) is 0 Å². The van der Waals surface area contributed by atoms with E-state index in [1.807, 2.05) is 43.3 Å². The third-order valence-electron chi connectivity index (χ3n) is 5.19. The van der Waals surface area contributed by atoms with E-state index in [9.17, 15) is 9.59 Å². The van der Waals surface area contributed by atoms with Crippen LogP contribution in [0.2, 0.25) is 0 Å². The van der Waals surface area contributed by atoms with Crippen LogP contribution in [0.4, 0.5) is 16.2 Å². The molecule has 2 atom stereocenters. The number of hydrogen-bond acceptors (Lipinski definition) is 2. The van der Waals surface area contributed by atoms with Gasteiger partial charge in [-0.3, -0.25) is 4.79 Å². The van der Waals surface area contributed by atoms with Gasteiger partial charge in [0, 0.05) is 36.3 Å². The first-order chi connectivity index (χ1) is 12.7. The minimum absolute atomic E-state index is 0.166. The third kappa shape index (κ3) is 3.29. The van der Waals surface area contributed by atoms with Gasteiger partial charge >= 0.3 is 6.03 Å². The lowest BCUT2D eigenvalue weighted by atomic mass is 10.0. The molecule has 3 amide bonds. The van der Waals surface area contributed by atoms with Crippen LogP contribution in [0.3, 0.4) is 0 Å². The maximum Gasteiger partial charge on any atom is 0.319 e. The Morgan fingerprint density at radius 3 is 2.73 bits per heavy atom. The van der Waals surface area contributed by atoms with Gasteiger partial charge in [0.05, 0.1) is 0 Å². The number of hydrogen-bond donors (Lipinski definition) is 2. The number of nitrogens with zero attached hydrogens (tertiary/aromatic N) is 1. The number of carbonyl (C=O) groups is 2. The van der Waals surface area contributed by atoms with Gasteiger partial charge in [0.2, 0.25) is 5.91 Å². The van der Waals surface area contributed by atoms with Crippen molar-refractivity contribution < 1.29 is 9.59 Å². The van der Waals surface area contributed by atoms with Crippen LogP contribution in [-0.2, 0) is 11.2 Å². The normalized spacial score (nSPS) is 21.1. The van der Waals surface area contributed by atoms with E-state index in [4.69, 9.17) is 0 Å². The van der Waals surface area contributed by atoms with Gasteiger partial charge in [0.1, 0.15) is 0 Å². The monoisotopic (exact) mass is 349 g/mol. The van der Waals surface area contributed by atoms with Crippen molar-refractivity contribution in [3.8, 4) is 0 Å². The van der Waals surface area contributed by atoms with E-state index in [1.54, 1.807) is 4.90 Å². The van der Waals surface area contributed by atoms with Crippen molar-refractivity contribution in [2.45, 2.75) is 38.1 Å². The quantitative estimate of drug-likeness (QED) is 0.885. The lowest BCUT2D eigenvalue weighted by Gasteiger charge is -2.28. The molecule has 0 radical (unpaired) electrons. The number of aryl methyl sites for hydroxylation is 1. The zero-order chi connectivity index (χ0) is 18.1. The molecule has 5 nitrogen and oxygen atoms in total. The fourth-order valence-corrected chi connectivity index (χ4v) is 3.74. The van der Waals surface area contributed by atoms with Crippen molar-refractivity contribution in [3.63, 3.8) is 0 Å². The second-order valence-corrected chi connectivity index (χ2v) is 6.94. The van der Waals surface area contributed by atoms with Crippen molar-refractivity contribution in [2.75, 3.05) is 16.8 Å². The molecule has 5 heteroatoms. The van der Waals surface area contributed by atoms with E-state index in [1.165, 1.54) is 5.56 Å². The lowest BCUT2D eigenvalue weighted by Crippen LogP contribution is -2.35. The first-order valence-electron chi connectivity index (χ1n) is 9.21. The summed E-state index contributed by atoms with van der Waals surface area (Å²) in [7, 11) is 0. The molecular formula is C21H23N3O2. The molecule has 1 heterocycles. The minimum Gasteiger partial charge on any atom is -0.334 e. The molecule has 0 aromatic heterocycles. The lowest BCUT2D eigenvalue weighted by molar-refractivity contribution is -0.118. The van der Waals surface area contributed by atoms with Crippen LogP contribution in [0.15, 0.2) is 48.5 Å². The molecule has 26 heavy (non-hydrogen) atoms. The van der Waals surface area contributed by atoms with Crippen molar-refractivity contribution >= 4 is 23.3 Å². The van der Waals surface area contributed by atoms with E-state index in [0.29, 0.717) is 18.9 Å². The van der Waals surface area contributed by atoms with E-state index >= 15 is 0 Å². The van der Waals surface area contributed by atoms with Gasteiger partial charge in [-0.15, -0.1) is 0 Å². The van der Waals surface area contributed by atoms with Crippen LogP contribution < -0.4 is 15.5 Å². The third-order valence-corrected chi connectivity index (χ3v) is 5.19. The number of carbonyl (C=O) groups excluding carboxylic acids is 2. The van der Waals surface area contributed by atoms with Crippen molar-refractivity contribution in [1.29, 1.82) is 0 Å². The van der Waals surface area contributed by atoms with E-state index in [0.717, 1.165) is 29.8 Å². The fourth-order valence-electron chi connectivity index (χ4n) is 3.74. The average molecular weight is 349 g/mol. The van der Waals surface area contributed by atoms with Crippen LogP contribution in [0.1, 0.15) is 36.8 Å². The molecule has 1 fully saturated rings. The number of benzene rings is 2. The molecular weight excluding hydrogens is 326 g/mol. The number of anilines is 2. The molecule has 2 aliphatic rings. The van der Waals surface area contributed by atoms with Crippen LogP contribution in [0.25, 0.3) is 0 Å². The maximum atomic E-state index is 12.3. The summed E-state index contributed by atoms with van der Waals surface area (Å²) in [5, 5.41) is 5.97. The Bertz CT molecular complexity index is 834. The summed E-state index contributed by atoms with van der Waals surface area (Å²) in [6, 6.07) is 16.1. The Labute approximate surface area is 153 Å². The number of nitrogens with one attached hydrogen (secondary N) is 2. The highest BCUT2D eigenvalue weighted by molar-refractivity contribution is 5.97. The average Bonchev–Trinajstić information content (AvgIpc) is 3.41. The zero-order valence-electron chi connectivity index (χ0n) is 14.9. The van der Waals surface area contributed by atoms with Crippen LogP contribution >= 0.6 is 0 Å². The summed E-state index contributed by atoms with van der Waals surface area (Å²) < 4.78 is 0. The smallest absolute Gasteiger partial charge is 0.319 e. The van der Waals surface area contributed by atoms with Crippen molar-refractivity contribution in [1.82, 2.24) is 5.32 Å². The van der Waals surface area contributed by atoms with E-state index in [-0.39, 0.29) is 18.0 Å². The molecule has 134 valence electrons. The number of urea groups is 1. The predicted molar refractivity (Wildman–Crippen MR) is 103 cm³/mol. The highest BCUT2D eigenvalue weighted by Crippen LogP contribution is 2.40. The molecule has 0 unspecified atom stereocenters. The predicted octanol–water partition coefficient (Wildman–Crippen LogP) is 3.66. The van der Waals surface area contributed by atoms with Gasteiger partial charge in [-0.2, -0.15) is 0 Å². The molecule has 2 aromatic rings. The first kappa shape index (κ1) is 16.6. The van der Waals surface area contributed by atoms with Crippen LogP contribution in [0.5, 0.6) is 0 Å². The second kappa shape index (κ2) is 6.83. The summed E-state index contributed by atoms with van der Waals surface area (Å²) >= 11 is 0. The Morgan fingerprint density at radius 1 is 1.15 bits per heavy atom. The van der Waals surface area contributed by atoms with Crippen LogP contribution in [0, 0.1) is 0 Å². The highest BCUT2D eigenvalue weighted by atomic mass is 16.2. The fraction of sp³-hybridized carbons (Fsp3) is 0.333. The Morgan fingerprint density at radius 2 is 1.96 bits per heavy atom. The van der Waals surface area contributed by atoms with Gasteiger partial charge < -0.3 is 15.5 Å². The molecule has 0 spiro atoms. The summed E-state index contributed by atoms with van der Waals surface area (Å²) in [6.45, 7) is 2.65. The second-order valence-electron chi connectivity index (χ2n) is 6.94. The summed E-state index contributed by atoms with van der Waals surface area (Å²) in [6.07, 6.45) is 2.23. The molecule has 0 bridgehead atoms. The Kier molecular flexibility index (Phi) is 4.37. The number of amides is 3. The van der Waals surface area contributed by atoms with Crippen molar-refractivity contribution in [3.05, 3.63) is 59.7 Å². The van der Waals surface area contributed by atoms with Gasteiger partial charge in [-0.25, -0.2) is 4.79 Å². The molecule has 1 aliphatic heterocycles. The molecule has 2 aromatic carbocycles. The van der Waals surface area contributed by atoms with Gasteiger partial charge in [-0.1, -0.05) is 30.3 Å². The standard InChI is InChI=1S/C21H23N3O2/c1-2-24-19-10-9-16(12-15(19)8-11-20(24)25)22-21(26)23-18-13-17(18)14-6-4-3-5-7-14/h3-7,9-10,12,17-18H,2,8,11,13H2,1H3,(H2,22,23,26)/t17-,18-/m0/s1. The number of rotatable bonds is 4. The summed E-state index contributed by atoms with van der Waals surface area (Å²) in [4.78, 5) is 26.1.